The van der Waals surface area contributed by atoms with E-state index in [0.29, 0.717) is 0 Å². The zero-order valence-electron chi connectivity index (χ0n) is 15.9. The van der Waals surface area contributed by atoms with E-state index in [4.69, 9.17) is 4.42 Å². The molecule has 1 aliphatic heterocycles. The number of benzene rings is 2. The maximum atomic E-state index is 13.0. The maximum Gasteiger partial charge on any atom is 0.416 e. The number of carbonyl (C=O) groups excluding carboxylic acids is 3. The molecule has 6 nitrogen and oxygen atoms in total. The molecular formula is C22H12BrF3N2O4. The molecule has 10 heteroatoms. The zero-order chi connectivity index (χ0) is 23.0. The number of barbiturate groups is 1. The number of urea groups is 1. The van der Waals surface area contributed by atoms with Crippen LogP contribution in [0, 0.1) is 0 Å². The second kappa shape index (κ2) is 8.12. The summed E-state index contributed by atoms with van der Waals surface area (Å²) in [6.07, 6.45) is -3.38. The molecule has 0 bridgehead atoms. The number of anilines is 1. The Hall–Kier alpha value is -3.66. The Kier molecular flexibility index (Phi) is 5.47. The third-order valence-corrected chi connectivity index (χ3v) is 5.10. The topological polar surface area (TPSA) is 79.6 Å². The molecule has 4 rings (SSSR count). The smallest absolute Gasteiger partial charge is 0.416 e. The van der Waals surface area contributed by atoms with Gasteiger partial charge in [0.1, 0.15) is 17.1 Å². The quantitative estimate of drug-likeness (QED) is 0.382. The molecule has 0 atom stereocenters. The number of furan rings is 1. The lowest BCUT2D eigenvalue weighted by Crippen LogP contribution is -2.54. The monoisotopic (exact) mass is 504 g/mol. The number of halogens is 4. The number of amides is 4. The maximum absolute atomic E-state index is 13.0. The summed E-state index contributed by atoms with van der Waals surface area (Å²) in [6.45, 7) is 0. The molecule has 1 aliphatic rings. The van der Waals surface area contributed by atoms with Crippen molar-refractivity contribution in [1.82, 2.24) is 5.32 Å². The van der Waals surface area contributed by atoms with Gasteiger partial charge in [-0.15, -0.1) is 0 Å². The van der Waals surface area contributed by atoms with Crippen LogP contribution in [0.1, 0.15) is 11.3 Å². The van der Waals surface area contributed by atoms with Crippen molar-refractivity contribution in [1.29, 1.82) is 0 Å². The molecule has 1 fully saturated rings. The van der Waals surface area contributed by atoms with Crippen LogP contribution in [0.2, 0.25) is 0 Å². The van der Waals surface area contributed by atoms with Crippen molar-refractivity contribution >= 4 is 45.5 Å². The van der Waals surface area contributed by atoms with Gasteiger partial charge in [-0.1, -0.05) is 28.1 Å². The van der Waals surface area contributed by atoms with Crippen LogP contribution in [-0.2, 0) is 15.8 Å². The number of hydrogen-bond acceptors (Lipinski definition) is 4. The molecule has 162 valence electrons. The summed E-state index contributed by atoms with van der Waals surface area (Å²) in [5.74, 6) is -1.60. The number of rotatable bonds is 3. The van der Waals surface area contributed by atoms with E-state index in [1.165, 1.54) is 36.4 Å². The fraction of sp³-hybridized carbons (Fsp3) is 0.0455. The summed E-state index contributed by atoms with van der Waals surface area (Å²) in [4.78, 5) is 38.1. The molecule has 1 aromatic heterocycles. The van der Waals surface area contributed by atoms with E-state index in [-0.39, 0.29) is 28.3 Å². The van der Waals surface area contributed by atoms with Crippen LogP contribution in [0.4, 0.5) is 23.7 Å². The highest BCUT2D eigenvalue weighted by molar-refractivity contribution is 9.10. The minimum atomic E-state index is -4.51. The molecular weight excluding hydrogens is 493 g/mol. The summed E-state index contributed by atoms with van der Waals surface area (Å²) in [5.41, 5.74) is -0.775. The molecule has 0 unspecified atom stereocenters. The van der Waals surface area contributed by atoms with E-state index >= 15 is 0 Å². The van der Waals surface area contributed by atoms with Gasteiger partial charge in [-0.05, 0) is 54.6 Å². The van der Waals surface area contributed by atoms with Crippen molar-refractivity contribution in [3.63, 3.8) is 0 Å². The van der Waals surface area contributed by atoms with Crippen molar-refractivity contribution in [2.75, 3.05) is 4.90 Å². The summed E-state index contributed by atoms with van der Waals surface area (Å²) in [5, 5.41) is 2.09. The second-order valence-corrected chi connectivity index (χ2v) is 7.63. The minimum absolute atomic E-state index is 0.0565. The van der Waals surface area contributed by atoms with Gasteiger partial charge in [0.05, 0.1) is 11.3 Å². The second-order valence-electron chi connectivity index (χ2n) is 6.71. The minimum Gasteiger partial charge on any atom is -0.457 e. The van der Waals surface area contributed by atoms with Gasteiger partial charge < -0.3 is 4.42 Å². The highest BCUT2D eigenvalue weighted by Crippen LogP contribution is 2.33. The lowest BCUT2D eigenvalue weighted by molar-refractivity contribution is -0.137. The highest BCUT2D eigenvalue weighted by Gasteiger charge is 2.37. The number of nitrogens with zero attached hydrogens (tertiary/aromatic N) is 1. The van der Waals surface area contributed by atoms with Crippen molar-refractivity contribution in [3.8, 4) is 11.3 Å². The Labute approximate surface area is 187 Å². The number of imide groups is 2. The Morgan fingerprint density at radius 2 is 1.69 bits per heavy atom. The number of hydrogen-bond donors (Lipinski definition) is 1. The lowest BCUT2D eigenvalue weighted by Gasteiger charge is -2.26. The third-order valence-electron chi connectivity index (χ3n) is 4.57. The largest absolute Gasteiger partial charge is 0.457 e. The number of carbonyl (C=O) groups is 3. The summed E-state index contributed by atoms with van der Waals surface area (Å²) in [7, 11) is 0. The highest BCUT2D eigenvalue weighted by atomic mass is 79.9. The van der Waals surface area contributed by atoms with Gasteiger partial charge in [-0.2, -0.15) is 13.2 Å². The van der Waals surface area contributed by atoms with E-state index in [1.54, 1.807) is 12.1 Å². The fourth-order valence-corrected chi connectivity index (χ4v) is 3.32. The van der Waals surface area contributed by atoms with Crippen molar-refractivity contribution in [3.05, 3.63) is 82.0 Å². The lowest BCUT2D eigenvalue weighted by atomic mass is 10.1. The van der Waals surface area contributed by atoms with Crippen molar-refractivity contribution in [2.24, 2.45) is 0 Å². The molecule has 0 spiro atoms. The molecule has 1 N–H and O–H groups in total. The zero-order valence-corrected chi connectivity index (χ0v) is 17.5. The molecule has 3 aromatic rings. The Bertz CT molecular complexity index is 1260. The average Bonchev–Trinajstić information content (AvgIpc) is 3.21. The molecule has 4 amide bonds. The SMILES string of the molecule is O=C1NC(=O)N(c2ccc(Br)cc2)C(=O)/C1=C/c1ccc(-c2cccc(C(F)(F)F)c2)o1. The Morgan fingerprint density at radius 3 is 2.38 bits per heavy atom. The van der Waals surface area contributed by atoms with Gasteiger partial charge in [0.2, 0.25) is 0 Å². The van der Waals surface area contributed by atoms with Gasteiger partial charge in [-0.25, -0.2) is 9.69 Å². The predicted molar refractivity (Wildman–Crippen MR) is 112 cm³/mol. The first kappa shape index (κ1) is 21.6. The predicted octanol–water partition coefficient (Wildman–Crippen LogP) is 5.39. The fourth-order valence-electron chi connectivity index (χ4n) is 3.06. The summed E-state index contributed by atoms with van der Waals surface area (Å²) in [6, 6.07) is 12.8. The molecule has 2 aromatic carbocycles. The molecule has 0 radical (unpaired) electrons. The van der Waals surface area contributed by atoms with Crippen LogP contribution in [0.3, 0.4) is 0 Å². The van der Waals surface area contributed by atoms with Crippen LogP contribution in [0.25, 0.3) is 17.4 Å². The Balaban J connectivity index is 1.66. The van der Waals surface area contributed by atoms with E-state index in [1.807, 2.05) is 0 Å². The Morgan fingerprint density at radius 1 is 0.969 bits per heavy atom. The molecule has 0 aliphatic carbocycles. The van der Waals surface area contributed by atoms with Crippen LogP contribution < -0.4 is 10.2 Å². The molecule has 0 saturated carbocycles. The van der Waals surface area contributed by atoms with E-state index in [0.717, 1.165) is 27.6 Å². The summed E-state index contributed by atoms with van der Waals surface area (Å²) >= 11 is 3.26. The van der Waals surface area contributed by atoms with Crippen LogP contribution in [0.5, 0.6) is 0 Å². The van der Waals surface area contributed by atoms with E-state index < -0.39 is 29.6 Å². The van der Waals surface area contributed by atoms with E-state index in [2.05, 4.69) is 21.2 Å². The normalized spacial score (nSPS) is 15.9. The van der Waals surface area contributed by atoms with Gasteiger partial charge in [0.25, 0.3) is 11.8 Å². The van der Waals surface area contributed by atoms with Crippen LogP contribution >= 0.6 is 15.9 Å². The molecule has 1 saturated heterocycles. The first-order valence-electron chi connectivity index (χ1n) is 9.08. The molecule has 2 heterocycles. The number of alkyl halides is 3. The van der Waals surface area contributed by atoms with Gasteiger partial charge in [0.15, 0.2) is 0 Å². The average molecular weight is 505 g/mol. The van der Waals surface area contributed by atoms with Gasteiger partial charge >= 0.3 is 12.2 Å². The van der Waals surface area contributed by atoms with Crippen LogP contribution in [0.15, 0.2) is 75.1 Å². The van der Waals surface area contributed by atoms with Crippen molar-refractivity contribution in [2.45, 2.75) is 6.18 Å². The first-order chi connectivity index (χ1) is 15.1. The third kappa shape index (κ3) is 4.22. The summed E-state index contributed by atoms with van der Waals surface area (Å²) < 4.78 is 45.1. The number of nitrogens with one attached hydrogen (secondary N) is 1. The molecule has 32 heavy (non-hydrogen) atoms. The van der Waals surface area contributed by atoms with Gasteiger partial charge in [-0.3, -0.25) is 14.9 Å². The van der Waals surface area contributed by atoms with E-state index in [9.17, 15) is 27.6 Å². The first-order valence-corrected chi connectivity index (χ1v) is 9.87. The van der Waals surface area contributed by atoms with Crippen LogP contribution in [-0.4, -0.2) is 17.8 Å². The standard InChI is InChI=1S/C22H12BrF3N2O4/c23-14-4-6-15(7-5-14)28-20(30)17(19(29)27-21(28)31)11-16-8-9-18(32-16)12-2-1-3-13(10-12)22(24,25)26/h1-11H,(H,27,29,31)/b17-11+. The van der Waals surface area contributed by atoms with Crippen molar-refractivity contribution < 1.29 is 32.0 Å². The van der Waals surface area contributed by atoms with Gasteiger partial charge in [0, 0.05) is 10.0 Å².